The quantitative estimate of drug-likeness (QED) is 0.707. The molecule has 0 saturated carbocycles. The van der Waals surface area contributed by atoms with Crippen LogP contribution in [0.1, 0.15) is 45.1 Å². The zero-order valence-electron chi connectivity index (χ0n) is 12.5. The molecule has 8 heteroatoms. The van der Waals surface area contributed by atoms with Gasteiger partial charge in [0.1, 0.15) is 5.82 Å². The number of aromatic nitrogens is 2. The Kier molecular flexibility index (Phi) is 8.86. The van der Waals surface area contributed by atoms with Gasteiger partial charge in [-0.05, 0) is 20.8 Å². The van der Waals surface area contributed by atoms with E-state index < -0.39 is 6.72 Å². The molecule has 0 N–H and O–H groups in total. The van der Waals surface area contributed by atoms with Crippen molar-refractivity contribution in [3.05, 3.63) is 17.6 Å². The zero-order valence-corrected chi connectivity index (χ0v) is 15.3. The molecule has 116 valence electrons. The predicted octanol–water partition coefficient (Wildman–Crippen LogP) is 3.70. The van der Waals surface area contributed by atoms with Gasteiger partial charge in [-0.2, -0.15) is 18.5 Å². The molecule has 0 aliphatic carbocycles. The molecule has 0 fully saturated rings. The van der Waals surface area contributed by atoms with Crippen molar-refractivity contribution < 1.29 is 13.6 Å². The Bertz CT molecular complexity index is 462. The molecule has 0 atom stereocenters. The van der Waals surface area contributed by atoms with Crippen LogP contribution in [0.2, 0.25) is 0 Å². The first-order chi connectivity index (χ1) is 8.90. The van der Waals surface area contributed by atoms with Gasteiger partial charge in [-0.25, -0.2) is 4.98 Å². The largest absolute Gasteiger partial charge is 0.406 e. The van der Waals surface area contributed by atoms with E-state index in [9.17, 15) is 0 Å². The molecule has 0 bridgehead atoms. The van der Waals surface area contributed by atoms with E-state index in [2.05, 4.69) is 9.97 Å². The summed E-state index contributed by atoms with van der Waals surface area (Å²) in [4.78, 5) is 8.71. The van der Waals surface area contributed by atoms with Crippen LogP contribution >= 0.6 is 20.2 Å². The topological polar surface area (TPSA) is 53.5 Å². The van der Waals surface area contributed by atoms with Crippen LogP contribution < -0.4 is 4.52 Å². The zero-order chi connectivity index (χ0) is 14.5. The first kappa shape index (κ1) is 19.8. The predicted molar refractivity (Wildman–Crippen MR) is 89.4 cm³/mol. The van der Waals surface area contributed by atoms with Gasteiger partial charge in [0.15, 0.2) is 0 Å². The third kappa shape index (κ3) is 6.06. The lowest BCUT2D eigenvalue weighted by Crippen LogP contribution is -2.06. The van der Waals surface area contributed by atoms with Gasteiger partial charge in [0.05, 0.1) is 13.2 Å². The number of rotatable bonds is 7. The average molecular weight is 338 g/mol. The highest BCUT2D eigenvalue weighted by molar-refractivity contribution is 8.07. The van der Waals surface area contributed by atoms with E-state index in [0.717, 1.165) is 11.5 Å². The Labute approximate surface area is 133 Å². The van der Waals surface area contributed by atoms with Crippen LogP contribution in [0.3, 0.4) is 0 Å². The van der Waals surface area contributed by atoms with Gasteiger partial charge < -0.3 is 4.52 Å². The Hall–Kier alpha value is -0.200. The van der Waals surface area contributed by atoms with E-state index in [1.54, 1.807) is 6.07 Å². The van der Waals surface area contributed by atoms with Crippen LogP contribution in [0.5, 0.6) is 5.88 Å². The molecule has 0 unspecified atom stereocenters. The third-order valence-corrected chi connectivity index (χ3v) is 4.56. The molecular formula is C12H23N2O3PS2. The number of nitrogens with zero attached hydrogens (tertiary/aromatic N) is 2. The van der Waals surface area contributed by atoms with Crippen LogP contribution in [0.25, 0.3) is 0 Å². The molecule has 0 saturated heterocycles. The highest BCUT2D eigenvalue weighted by atomic mass is 32.5. The molecule has 1 heterocycles. The standard InChI is InChI=1S/C12H21N2O3PS.H2S/c1-6-15-18(19,16-7-2)17-11-8-10(5)13-12(14-11)9(3)4;/h8-9H,6-7H2,1-5H3;1H2. The molecule has 0 spiro atoms. The van der Waals surface area contributed by atoms with Crippen LogP contribution in [0.4, 0.5) is 0 Å². The second-order valence-corrected chi connectivity index (χ2v) is 7.17. The number of aryl methyl sites for hydroxylation is 1. The van der Waals surface area contributed by atoms with Gasteiger partial charge in [0.25, 0.3) is 0 Å². The molecule has 20 heavy (non-hydrogen) atoms. The van der Waals surface area contributed by atoms with Crippen LogP contribution in [-0.4, -0.2) is 23.2 Å². The summed E-state index contributed by atoms with van der Waals surface area (Å²) in [6.07, 6.45) is 0. The maximum atomic E-state index is 5.68. The minimum Gasteiger partial charge on any atom is -0.406 e. The maximum Gasteiger partial charge on any atom is 0.381 e. The summed E-state index contributed by atoms with van der Waals surface area (Å²) < 4.78 is 16.6. The summed E-state index contributed by atoms with van der Waals surface area (Å²) in [7, 11) is 0. The fourth-order valence-corrected chi connectivity index (χ4v) is 3.38. The van der Waals surface area contributed by atoms with Crippen molar-refractivity contribution >= 4 is 32.0 Å². The SMILES string of the molecule is CCOP(=S)(OCC)Oc1cc(C)nc(C(C)C)n1.S. The second kappa shape index (κ2) is 8.95. The lowest BCUT2D eigenvalue weighted by atomic mass is 10.2. The van der Waals surface area contributed by atoms with Crippen molar-refractivity contribution in [2.45, 2.75) is 40.5 Å². The second-order valence-electron chi connectivity index (χ2n) is 4.23. The highest BCUT2D eigenvalue weighted by Crippen LogP contribution is 2.49. The molecule has 1 aromatic heterocycles. The van der Waals surface area contributed by atoms with Gasteiger partial charge >= 0.3 is 6.72 Å². The van der Waals surface area contributed by atoms with Gasteiger partial charge in [-0.3, -0.25) is 9.05 Å². The maximum absolute atomic E-state index is 5.68. The summed E-state index contributed by atoms with van der Waals surface area (Å²) in [5, 5.41) is 0. The molecule has 5 nitrogen and oxygen atoms in total. The Morgan fingerprint density at radius 1 is 1.20 bits per heavy atom. The van der Waals surface area contributed by atoms with Crippen LogP contribution in [-0.2, 0) is 20.9 Å². The van der Waals surface area contributed by atoms with Crippen molar-refractivity contribution in [3.63, 3.8) is 0 Å². The first-order valence-corrected chi connectivity index (χ1v) is 8.90. The smallest absolute Gasteiger partial charge is 0.381 e. The minimum absolute atomic E-state index is 0. The summed E-state index contributed by atoms with van der Waals surface area (Å²) in [6, 6.07) is 1.74. The van der Waals surface area contributed by atoms with Gasteiger partial charge in [0.2, 0.25) is 5.88 Å². The summed E-state index contributed by atoms with van der Waals surface area (Å²) in [6.45, 7) is 7.78. The number of hydrogen-bond acceptors (Lipinski definition) is 6. The fraction of sp³-hybridized carbons (Fsp3) is 0.667. The van der Waals surface area contributed by atoms with E-state index in [0.29, 0.717) is 19.1 Å². The first-order valence-electron chi connectivity index (χ1n) is 6.34. The summed E-state index contributed by atoms with van der Waals surface area (Å²) in [5.74, 6) is 1.37. The molecule has 0 aromatic carbocycles. The van der Waals surface area contributed by atoms with Crippen molar-refractivity contribution in [3.8, 4) is 5.88 Å². The van der Waals surface area contributed by atoms with Crippen molar-refractivity contribution in [2.75, 3.05) is 13.2 Å². The fourth-order valence-electron chi connectivity index (χ4n) is 1.39. The molecule has 1 aromatic rings. The van der Waals surface area contributed by atoms with Crippen molar-refractivity contribution in [2.24, 2.45) is 0 Å². The van der Waals surface area contributed by atoms with Crippen LogP contribution in [0, 0.1) is 6.92 Å². The van der Waals surface area contributed by atoms with E-state index in [-0.39, 0.29) is 19.4 Å². The molecule has 1 rings (SSSR count). The molecule has 0 radical (unpaired) electrons. The van der Waals surface area contributed by atoms with E-state index in [1.807, 2.05) is 34.6 Å². The van der Waals surface area contributed by atoms with Crippen LogP contribution in [0.15, 0.2) is 6.07 Å². The van der Waals surface area contributed by atoms with Gasteiger partial charge in [0, 0.05) is 29.5 Å². The highest BCUT2D eigenvalue weighted by Gasteiger charge is 2.22. The van der Waals surface area contributed by atoms with E-state index in [4.69, 9.17) is 25.4 Å². The third-order valence-electron chi connectivity index (χ3n) is 2.14. The monoisotopic (exact) mass is 338 g/mol. The Morgan fingerprint density at radius 2 is 1.75 bits per heavy atom. The molecule has 0 aliphatic heterocycles. The molecule has 0 aliphatic rings. The van der Waals surface area contributed by atoms with Crippen molar-refractivity contribution in [1.29, 1.82) is 0 Å². The van der Waals surface area contributed by atoms with Gasteiger partial charge in [-0.15, -0.1) is 0 Å². The average Bonchev–Trinajstić information content (AvgIpc) is 2.28. The molecular weight excluding hydrogens is 315 g/mol. The Balaban J connectivity index is 0.00000361. The summed E-state index contributed by atoms with van der Waals surface area (Å²) >= 11 is 5.32. The van der Waals surface area contributed by atoms with Crippen molar-refractivity contribution in [1.82, 2.24) is 9.97 Å². The van der Waals surface area contributed by atoms with E-state index in [1.165, 1.54) is 0 Å². The minimum atomic E-state index is -2.77. The Morgan fingerprint density at radius 3 is 2.20 bits per heavy atom. The van der Waals surface area contributed by atoms with Gasteiger partial charge in [-0.1, -0.05) is 13.8 Å². The van der Waals surface area contributed by atoms with E-state index >= 15 is 0 Å². The normalized spacial score (nSPS) is 11.3. The summed E-state index contributed by atoms with van der Waals surface area (Å²) in [5.41, 5.74) is 0.836. The number of hydrogen-bond donors (Lipinski definition) is 0. The lowest BCUT2D eigenvalue weighted by molar-refractivity contribution is 0.215. The molecule has 0 amide bonds. The lowest BCUT2D eigenvalue weighted by Gasteiger charge is -2.20.